The SMILES string of the molecule is OC(COCc1cccs1)COc1ccccc1F. The monoisotopic (exact) mass is 282 g/mol. The first kappa shape index (κ1) is 14.0. The van der Waals surface area contributed by atoms with Crippen LogP contribution < -0.4 is 4.74 Å². The molecule has 1 heterocycles. The van der Waals surface area contributed by atoms with Gasteiger partial charge in [-0.3, -0.25) is 0 Å². The zero-order valence-corrected chi connectivity index (χ0v) is 11.1. The van der Waals surface area contributed by atoms with E-state index in [0.717, 1.165) is 4.88 Å². The molecule has 0 aliphatic heterocycles. The van der Waals surface area contributed by atoms with Crippen LogP contribution in [0.2, 0.25) is 0 Å². The fraction of sp³-hybridized carbons (Fsp3) is 0.286. The fourth-order valence-corrected chi connectivity index (χ4v) is 2.13. The van der Waals surface area contributed by atoms with E-state index >= 15 is 0 Å². The van der Waals surface area contributed by atoms with Crippen LogP contribution in [0.1, 0.15) is 4.88 Å². The lowest BCUT2D eigenvalue weighted by Crippen LogP contribution is -2.23. The third-order valence-corrected chi connectivity index (χ3v) is 3.25. The summed E-state index contributed by atoms with van der Waals surface area (Å²) in [6.07, 6.45) is -0.778. The van der Waals surface area contributed by atoms with Crippen molar-refractivity contribution >= 4 is 11.3 Å². The van der Waals surface area contributed by atoms with Crippen LogP contribution in [0.25, 0.3) is 0 Å². The highest BCUT2D eigenvalue weighted by Gasteiger charge is 2.08. The van der Waals surface area contributed by atoms with Crippen LogP contribution in [0.4, 0.5) is 4.39 Å². The molecule has 0 bridgehead atoms. The van der Waals surface area contributed by atoms with Gasteiger partial charge in [0.2, 0.25) is 0 Å². The van der Waals surface area contributed by atoms with Gasteiger partial charge in [-0.2, -0.15) is 0 Å². The average Bonchev–Trinajstić information content (AvgIpc) is 2.91. The molecule has 0 radical (unpaired) electrons. The molecule has 1 aromatic carbocycles. The molecular formula is C14H15FO3S. The van der Waals surface area contributed by atoms with Gasteiger partial charge in [-0.15, -0.1) is 11.3 Å². The number of aliphatic hydroxyl groups excluding tert-OH is 1. The first-order chi connectivity index (χ1) is 9.25. The summed E-state index contributed by atoms with van der Waals surface area (Å²) in [4.78, 5) is 1.10. The lowest BCUT2D eigenvalue weighted by atomic mass is 10.3. The normalized spacial score (nSPS) is 12.3. The maximum atomic E-state index is 13.2. The van der Waals surface area contributed by atoms with E-state index in [4.69, 9.17) is 9.47 Å². The van der Waals surface area contributed by atoms with Crippen molar-refractivity contribution < 1.29 is 19.0 Å². The summed E-state index contributed by atoms with van der Waals surface area (Å²) in [5.74, 6) is -0.297. The second kappa shape index (κ2) is 7.23. The molecule has 3 nitrogen and oxygen atoms in total. The van der Waals surface area contributed by atoms with Crippen molar-refractivity contribution in [2.24, 2.45) is 0 Å². The van der Waals surface area contributed by atoms with Crippen molar-refractivity contribution in [3.8, 4) is 5.75 Å². The van der Waals surface area contributed by atoms with Crippen LogP contribution in [0.3, 0.4) is 0 Å². The molecule has 1 atom stereocenters. The second-order valence-electron chi connectivity index (χ2n) is 3.99. The molecule has 0 aliphatic carbocycles. The minimum Gasteiger partial charge on any atom is -0.488 e. The molecule has 2 aromatic rings. The predicted octanol–water partition coefficient (Wildman–Crippen LogP) is 2.84. The molecule has 0 fully saturated rings. The van der Waals surface area contributed by atoms with Gasteiger partial charge in [0.1, 0.15) is 12.7 Å². The van der Waals surface area contributed by atoms with Crippen molar-refractivity contribution in [1.29, 1.82) is 0 Å². The van der Waals surface area contributed by atoms with E-state index in [1.165, 1.54) is 12.1 Å². The van der Waals surface area contributed by atoms with Crippen LogP contribution in [-0.4, -0.2) is 24.4 Å². The van der Waals surface area contributed by atoms with Crippen molar-refractivity contribution in [2.75, 3.05) is 13.2 Å². The molecule has 0 amide bonds. The number of hydrogen-bond donors (Lipinski definition) is 1. The summed E-state index contributed by atoms with van der Waals surface area (Å²) in [6.45, 7) is 0.631. The number of ether oxygens (including phenoxy) is 2. The number of benzene rings is 1. The number of rotatable bonds is 7. The minimum absolute atomic E-state index is 0.00533. The summed E-state index contributed by atoms with van der Waals surface area (Å²) < 4.78 is 23.8. The van der Waals surface area contributed by atoms with E-state index in [1.807, 2.05) is 17.5 Å². The van der Waals surface area contributed by atoms with Crippen LogP contribution in [0.5, 0.6) is 5.75 Å². The Kier molecular flexibility index (Phi) is 5.32. The third kappa shape index (κ3) is 4.63. The predicted molar refractivity (Wildman–Crippen MR) is 71.9 cm³/mol. The standard InChI is InChI=1S/C14H15FO3S/c15-13-5-1-2-6-14(13)18-9-11(16)8-17-10-12-4-3-7-19-12/h1-7,11,16H,8-10H2. The van der Waals surface area contributed by atoms with Gasteiger partial charge in [0.15, 0.2) is 11.6 Å². The van der Waals surface area contributed by atoms with Crippen LogP contribution in [-0.2, 0) is 11.3 Å². The summed E-state index contributed by atoms with van der Waals surface area (Å²) in [5, 5.41) is 11.6. The average molecular weight is 282 g/mol. The molecule has 1 N–H and O–H groups in total. The molecule has 0 saturated carbocycles. The largest absolute Gasteiger partial charge is 0.488 e. The van der Waals surface area contributed by atoms with Gasteiger partial charge in [0.25, 0.3) is 0 Å². The summed E-state index contributed by atoms with van der Waals surface area (Å²) in [5.41, 5.74) is 0. The van der Waals surface area contributed by atoms with Gasteiger partial charge in [0, 0.05) is 4.88 Å². The first-order valence-electron chi connectivity index (χ1n) is 5.91. The highest BCUT2D eigenvalue weighted by Crippen LogP contribution is 2.15. The lowest BCUT2D eigenvalue weighted by molar-refractivity contribution is 0.00560. The summed E-state index contributed by atoms with van der Waals surface area (Å²) in [7, 11) is 0. The lowest BCUT2D eigenvalue weighted by Gasteiger charge is -2.12. The van der Waals surface area contributed by atoms with Gasteiger partial charge in [-0.05, 0) is 23.6 Å². The number of thiophene rings is 1. The van der Waals surface area contributed by atoms with E-state index < -0.39 is 11.9 Å². The van der Waals surface area contributed by atoms with Gasteiger partial charge < -0.3 is 14.6 Å². The topological polar surface area (TPSA) is 38.7 Å². The maximum Gasteiger partial charge on any atom is 0.165 e. The van der Waals surface area contributed by atoms with E-state index in [0.29, 0.717) is 6.61 Å². The molecule has 102 valence electrons. The van der Waals surface area contributed by atoms with Crippen LogP contribution in [0, 0.1) is 5.82 Å². The molecule has 2 rings (SSSR count). The van der Waals surface area contributed by atoms with Crippen molar-refractivity contribution in [3.63, 3.8) is 0 Å². The Balaban J connectivity index is 1.67. The molecule has 0 saturated heterocycles. The number of hydrogen-bond acceptors (Lipinski definition) is 4. The minimum atomic E-state index is -0.778. The Labute approximate surface area is 115 Å². The molecule has 5 heteroatoms. The Hall–Kier alpha value is -1.43. The molecule has 1 aromatic heterocycles. The quantitative estimate of drug-likeness (QED) is 0.848. The maximum absolute atomic E-state index is 13.2. The van der Waals surface area contributed by atoms with Crippen molar-refractivity contribution in [1.82, 2.24) is 0 Å². The van der Waals surface area contributed by atoms with Crippen LogP contribution >= 0.6 is 11.3 Å². The van der Waals surface area contributed by atoms with Crippen molar-refractivity contribution in [2.45, 2.75) is 12.7 Å². The smallest absolute Gasteiger partial charge is 0.165 e. The molecule has 0 aliphatic rings. The van der Waals surface area contributed by atoms with E-state index in [1.54, 1.807) is 23.5 Å². The number of halogens is 1. The highest BCUT2D eigenvalue weighted by atomic mass is 32.1. The van der Waals surface area contributed by atoms with Gasteiger partial charge in [0.05, 0.1) is 13.2 Å². The Morgan fingerprint density at radius 2 is 2.00 bits per heavy atom. The Bertz CT molecular complexity index is 487. The van der Waals surface area contributed by atoms with Crippen molar-refractivity contribution in [3.05, 3.63) is 52.5 Å². The van der Waals surface area contributed by atoms with Gasteiger partial charge in [-0.25, -0.2) is 4.39 Å². The summed E-state index contributed by atoms with van der Waals surface area (Å²) >= 11 is 1.60. The second-order valence-corrected chi connectivity index (χ2v) is 5.02. The van der Waals surface area contributed by atoms with E-state index in [2.05, 4.69) is 0 Å². The zero-order valence-electron chi connectivity index (χ0n) is 10.3. The fourth-order valence-electron chi connectivity index (χ4n) is 1.49. The highest BCUT2D eigenvalue weighted by molar-refractivity contribution is 7.09. The third-order valence-electron chi connectivity index (χ3n) is 2.40. The van der Waals surface area contributed by atoms with Crippen LogP contribution in [0.15, 0.2) is 41.8 Å². The summed E-state index contributed by atoms with van der Waals surface area (Å²) in [6, 6.07) is 10.0. The first-order valence-corrected chi connectivity index (χ1v) is 6.79. The zero-order chi connectivity index (χ0) is 13.5. The molecule has 19 heavy (non-hydrogen) atoms. The Morgan fingerprint density at radius 1 is 1.16 bits per heavy atom. The van der Waals surface area contributed by atoms with Gasteiger partial charge >= 0.3 is 0 Å². The number of para-hydroxylation sites is 1. The Morgan fingerprint density at radius 3 is 2.74 bits per heavy atom. The molecule has 1 unspecified atom stereocenters. The van der Waals surface area contributed by atoms with E-state index in [-0.39, 0.29) is 19.0 Å². The molecular weight excluding hydrogens is 267 g/mol. The number of aliphatic hydroxyl groups is 1. The molecule has 0 spiro atoms. The van der Waals surface area contributed by atoms with Gasteiger partial charge in [-0.1, -0.05) is 18.2 Å². The van der Waals surface area contributed by atoms with E-state index in [9.17, 15) is 9.50 Å².